The van der Waals surface area contributed by atoms with Crippen molar-refractivity contribution in [2.75, 3.05) is 0 Å². The predicted octanol–water partition coefficient (Wildman–Crippen LogP) is 3.38. The van der Waals surface area contributed by atoms with Gasteiger partial charge in [0.05, 0.1) is 17.2 Å². The van der Waals surface area contributed by atoms with Crippen LogP contribution in [0.3, 0.4) is 0 Å². The molecule has 1 aliphatic rings. The highest BCUT2D eigenvalue weighted by atomic mass is 15.3. The highest BCUT2D eigenvalue weighted by Gasteiger charge is 2.39. The van der Waals surface area contributed by atoms with E-state index in [1.807, 2.05) is 18.7 Å². The van der Waals surface area contributed by atoms with Crippen LogP contribution in [0.5, 0.6) is 0 Å². The maximum atomic E-state index is 9.59. The first-order chi connectivity index (χ1) is 8.36. The molecule has 0 amide bonds. The van der Waals surface area contributed by atoms with E-state index in [1.165, 1.54) is 5.69 Å². The van der Waals surface area contributed by atoms with Crippen LogP contribution >= 0.6 is 0 Å². The predicted molar refractivity (Wildman–Crippen MR) is 71.9 cm³/mol. The first-order valence-corrected chi connectivity index (χ1v) is 6.77. The van der Waals surface area contributed by atoms with Crippen molar-refractivity contribution in [1.82, 2.24) is 9.78 Å². The quantitative estimate of drug-likeness (QED) is 0.801. The summed E-state index contributed by atoms with van der Waals surface area (Å²) in [6.07, 6.45) is 5.17. The van der Waals surface area contributed by atoms with Crippen molar-refractivity contribution in [3.05, 3.63) is 17.5 Å². The van der Waals surface area contributed by atoms with Gasteiger partial charge in [0.1, 0.15) is 0 Å². The molecule has 0 spiro atoms. The summed E-state index contributed by atoms with van der Waals surface area (Å²) >= 11 is 0. The van der Waals surface area contributed by atoms with Crippen LogP contribution in [0.25, 0.3) is 0 Å². The normalized spacial score (nSPS) is 21.5. The lowest BCUT2D eigenvalue weighted by Crippen LogP contribution is -2.32. The Labute approximate surface area is 110 Å². The van der Waals surface area contributed by atoms with E-state index in [9.17, 15) is 5.26 Å². The minimum atomic E-state index is -0.171. The first kappa shape index (κ1) is 13.1. The molecule has 1 saturated carbocycles. The van der Waals surface area contributed by atoms with Gasteiger partial charge in [0, 0.05) is 19.2 Å². The summed E-state index contributed by atoms with van der Waals surface area (Å²) in [4.78, 5) is 0. The smallest absolute Gasteiger partial charge is 0.0693 e. The number of nitriles is 1. The van der Waals surface area contributed by atoms with Crippen LogP contribution < -0.4 is 0 Å². The molecule has 98 valence electrons. The summed E-state index contributed by atoms with van der Waals surface area (Å²) in [7, 11) is 1.97. The molecule has 0 radical (unpaired) electrons. The highest BCUT2D eigenvalue weighted by Crippen LogP contribution is 2.46. The van der Waals surface area contributed by atoms with E-state index in [2.05, 4.69) is 31.1 Å². The Morgan fingerprint density at radius 1 is 1.33 bits per heavy atom. The molecule has 1 aromatic rings. The summed E-state index contributed by atoms with van der Waals surface area (Å²) < 4.78 is 1.92. The van der Waals surface area contributed by atoms with Gasteiger partial charge in [-0.2, -0.15) is 10.4 Å². The zero-order chi connectivity index (χ0) is 13.4. The van der Waals surface area contributed by atoms with Gasteiger partial charge >= 0.3 is 0 Å². The van der Waals surface area contributed by atoms with Gasteiger partial charge in [0.25, 0.3) is 0 Å². The average Bonchev–Trinajstić information content (AvgIpc) is 2.61. The van der Waals surface area contributed by atoms with Gasteiger partial charge in [0.15, 0.2) is 0 Å². The van der Waals surface area contributed by atoms with E-state index >= 15 is 0 Å². The van der Waals surface area contributed by atoms with Crippen LogP contribution in [0.1, 0.15) is 50.9 Å². The molecule has 0 saturated heterocycles. The Balaban J connectivity index is 2.16. The van der Waals surface area contributed by atoms with E-state index in [0.717, 1.165) is 37.8 Å². The van der Waals surface area contributed by atoms with E-state index in [0.29, 0.717) is 5.41 Å². The molecule has 0 N–H and O–H groups in total. The maximum Gasteiger partial charge on any atom is 0.0693 e. The fourth-order valence-corrected chi connectivity index (χ4v) is 2.91. The Bertz CT molecular complexity index is 466. The Morgan fingerprint density at radius 2 is 1.94 bits per heavy atom. The first-order valence-electron chi connectivity index (χ1n) is 6.77. The number of aromatic nitrogens is 2. The number of nitrogens with zero attached hydrogens (tertiary/aromatic N) is 3. The molecule has 3 heteroatoms. The van der Waals surface area contributed by atoms with Gasteiger partial charge < -0.3 is 0 Å². The fraction of sp³-hybridized carbons (Fsp3) is 0.733. The van der Waals surface area contributed by atoms with Gasteiger partial charge in [0.2, 0.25) is 0 Å². The van der Waals surface area contributed by atoms with Gasteiger partial charge in [-0.15, -0.1) is 0 Å². The second-order valence-electron chi connectivity index (χ2n) is 6.63. The molecule has 1 heterocycles. The molecule has 0 unspecified atom stereocenters. The number of aryl methyl sites for hydroxylation is 2. The lowest BCUT2D eigenvalue weighted by molar-refractivity contribution is 0.144. The second-order valence-corrected chi connectivity index (χ2v) is 6.63. The zero-order valence-electron chi connectivity index (χ0n) is 12.0. The minimum Gasteiger partial charge on any atom is -0.272 e. The van der Waals surface area contributed by atoms with Crippen LogP contribution in [0.4, 0.5) is 0 Å². The van der Waals surface area contributed by atoms with E-state index < -0.39 is 0 Å². The summed E-state index contributed by atoms with van der Waals surface area (Å²) in [5.41, 5.74) is 2.46. The van der Waals surface area contributed by atoms with Crippen molar-refractivity contribution in [2.24, 2.45) is 17.9 Å². The summed E-state index contributed by atoms with van der Waals surface area (Å²) in [6.45, 7) is 6.62. The van der Waals surface area contributed by atoms with Crippen LogP contribution in [0.15, 0.2) is 6.07 Å². The molecular formula is C15H23N3. The molecule has 0 bridgehead atoms. The molecule has 0 aromatic carbocycles. The molecule has 3 nitrogen and oxygen atoms in total. The van der Waals surface area contributed by atoms with Crippen molar-refractivity contribution in [3.8, 4) is 6.07 Å². The molecule has 18 heavy (non-hydrogen) atoms. The van der Waals surface area contributed by atoms with E-state index in [-0.39, 0.29) is 5.41 Å². The molecule has 2 rings (SSSR count). The Kier molecular flexibility index (Phi) is 3.23. The summed E-state index contributed by atoms with van der Waals surface area (Å²) in [6, 6.07) is 4.71. The third-order valence-corrected chi connectivity index (χ3v) is 4.42. The SMILES string of the molecule is Cc1cc(CC2(C#N)CCC(C)(C)CC2)n(C)n1. The fourth-order valence-electron chi connectivity index (χ4n) is 2.91. The van der Waals surface area contributed by atoms with Crippen LogP contribution in [-0.4, -0.2) is 9.78 Å². The summed E-state index contributed by atoms with van der Waals surface area (Å²) in [5.74, 6) is 0. The minimum absolute atomic E-state index is 0.171. The molecule has 0 aliphatic heterocycles. The third kappa shape index (κ3) is 2.58. The average molecular weight is 245 g/mol. The van der Waals surface area contributed by atoms with Crippen molar-refractivity contribution in [2.45, 2.75) is 52.9 Å². The van der Waals surface area contributed by atoms with Crippen molar-refractivity contribution in [1.29, 1.82) is 5.26 Å². The molecule has 0 atom stereocenters. The van der Waals surface area contributed by atoms with Gasteiger partial charge in [-0.05, 0) is 44.1 Å². The lowest BCUT2D eigenvalue weighted by atomic mass is 9.64. The van der Waals surface area contributed by atoms with Gasteiger partial charge in [-0.25, -0.2) is 0 Å². The number of rotatable bonds is 2. The molecule has 1 aliphatic carbocycles. The second kappa shape index (κ2) is 4.42. The van der Waals surface area contributed by atoms with Crippen LogP contribution in [0.2, 0.25) is 0 Å². The molecule has 1 fully saturated rings. The van der Waals surface area contributed by atoms with Crippen LogP contribution in [0, 0.1) is 29.1 Å². The van der Waals surface area contributed by atoms with Crippen LogP contribution in [-0.2, 0) is 13.5 Å². The molecular weight excluding hydrogens is 222 g/mol. The number of hydrogen-bond acceptors (Lipinski definition) is 2. The summed E-state index contributed by atoms with van der Waals surface area (Å²) in [5, 5.41) is 14.0. The topological polar surface area (TPSA) is 41.6 Å². The lowest BCUT2D eigenvalue weighted by Gasteiger charge is -2.39. The Morgan fingerprint density at radius 3 is 2.39 bits per heavy atom. The van der Waals surface area contributed by atoms with Gasteiger partial charge in [-0.3, -0.25) is 4.68 Å². The monoisotopic (exact) mass is 245 g/mol. The highest BCUT2D eigenvalue weighted by molar-refractivity contribution is 5.15. The largest absolute Gasteiger partial charge is 0.272 e. The zero-order valence-corrected chi connectivity index (χ0v) is 12.0. The van der Waals surface area contributed by atoms with Crippen molar-refractivity contribution in [3.63, 3.8) is 0 Å². The van der Waals surface area contributed by atoms with Gasteiger partial charge in [-0.1, -0.05) is 13.8 Å². The molecule has 1 aromatic heterocycles. The van der Waals surface area contributed by atoms with E-state index in [1.54, 1.807) is 0 Å². The number of hydrogen-bond donors (Lipinski definition) is 0. The third-order valence-electron chi connectivity index (χ3n) is 4.42. The maximum absolute atomic E-state index is 9.59. The standard InChI is InChI=1S/C15H23N3/c1-12-9-13(18(4)17-12)10-15(11-16)7-5-14(2,3)6-8-15/h9H,5-8,10H2,1-4H3. The van der Waals surface area contributed by atoms with Crippen molar-refractivity contribution < 1.29 is 0 Å². The van der Waals surface area contributed by atoms with E-state index in [4.69, 9.17) is 0 Å². The Hall–Kier alpha value is -1.30. The van der Waals surface area contributed by atoms with Crippen molar-refractivity contribution >= 4 is 0 Å².